The topological polar surface area (TPSA) is 43.4 Å². The molecule has 12 heavy (non-hydrogen) atoms. The number of hydrazine groups is 1. The number of ether oxygens (including phenoxy) is 2. The fourth-order valence-corrected chi connectivity index (χ4v) is 1.40. The average molecular weight is 174 g/mol. The molecule has 0 aliphatic carbocycles. The highest BCUT2D eigenvalue weighted by molar-refractivity contribution is 4.95. The number of hydrogen-bond acceptors (Lipinski definition) is 4. The van der Waals surface area contributed by atoms with Gasteiger partial charge in [0.15, 0.2) is 0 Å². The van der Waals surface area contributed by atoms with Gasteiger partial charge in [0, 0.05) is 47.3 Å². The van der Waals surface area contributed by atoms with Crippen molar-refractivity contribution < 1.29 is 9.47 Å². The van der Waals surface area contributed by atoms with E-state index >= 15 is 0 Å². The molecule has 1 aliphatic rings. The number of hydrogen-bond donors (Lipinski definition) is 1. The maximum absolute atomic E-state index is 5.04. The summed E-state index contributed by atoms with van der Waals surface area (Å²) < 4.78 is 10.1. The van der Waals surface area contributed by atoms with E-state index in [1.54, 1.807) is 14.2 Å². The average Bonchev–Trinajstić information content (AvgIpc) is 2.71. The Kier molecular flexibility index (Phi) is 3.46. The van der Waals surface area contributed by atoms with E-state index < -0.39 is 0 Å². The predicted octanol–water partition coefficient (Wildman–Crippen LogP) is 0.206. The van der Waals surface area contributed by atoms with E-state index in [0.717, 1.165) is 26.1 Å². The molecule has 1 aliphatic heterocycles. The molecule has 1 N–H and O–H groups in total. The lowest BCUT2D eigenvalue weighted by Gasteiger charge is -2.11. The monoisotopic (exact) mass is 174 g/mol. The van der Waals surface area contributed by atoms with Gasteiger partial charge in [-0.3, -0.25) is 0 Å². The Labute approximate surface area is 73.8 Å². The van der Waals surface area contributed by atoms with E-state index in [2.05, 4.69) is 10.4 Å². The lowest BCUT2D eigenvalue weighted by molar-refractivity contribution is 0.146. The van der Waals surface area contributed by atoms with Crippen LogP contribution < -0.4 is 5.43 Å². The minimum absolute atomic E-state index is 0.145. The van der Waals surface area contributed by atoms with Gasteiger partial charge < -0.3 is 9.47 Å². The van der Waals surface area contributed by atoms with Gasteiger partial charge in [-0.05, 0) is 0 Å². The standard InChI is InChI=1S/C8H18N2O2/c1-10-8(9-10,4-6-11-2)5-7-12-3/h9H,4-7H2,1-3H3. The minimum Gasteiger partial charge on any atom is -0.385 e. The molecule has 0 aromatic rings. The van der Waals surface area contributed by atoms with Crippen LogP contribution in [0.3, 0.4) is 0 Å². The number of nitrogens with zero attached hydrogens (tertiary/aromatic N) is 1. The third-order valence-electron chi connectivity index (χ3n) is 2.41. The van der Waals surface area contributed by atoms with Gasteiger partial charge in [0.2, 0.25) is 0 Å². The summed E-state index contributed by atoms with van der Waals surface area (Å²) in [6.45, 7) is 1.59. The minimum atomic E-state index is 0.145. The highest BCUT2D eigenvalue weighted by Crippen LogP contribution is 2.30. The van der Waals surface area contributed by atoms with Crippen molar-refractivity contribution in [3.63, 3.8) is 0 Å². The highest BCUT2D eigenvalue weighted by Gasteiger charge is 2.47. The molecule has 1 rings (SSSR count). The van der Waals surface area contributed by atoms with Crippen LogP contribution in [-0.2, 0) is 9.47 Å². The van der Waals surface area contributed by atoms with Crippen LogP contribution in [0.15, 0.2) is 0 Å². The molecule has 4 heteroatoms. The maximum Gasteiger partial charge on any atom is 0.101 e. The van der Waals surface area contributed by atoms with Gasteiger partial charge in [-0.25, -0.2) is 10.4 Å². The molecule has 1 unspecified atom stereocenters. The first-order valence-corrected chi connectivity index (χ1v) is 4.25. The molecule has 0 bridgehead atoms. The van der Waals surface area contributed by atoms with Gasteiger partial charge in [-0.15, -0.1) is 0 Å². The van der Waals surface area contributed by atoms with Gasteiger partial charge in [-0.2, -0.15) is 0 Å². The lowest BCUT2D eigenvalue weighted by atomic mass is 10.1. The second-order valence-electron chi connectivity index (χ2n) is 3.19. The molecule has 4 nitrogen and oxygen atoms in total. The molecule has 1 atom stereocenters. The lowest BCUT2D eigenvalue weighted by Crippen LogP contribution is -2.22. The van der Waals surface area contributed by atoms with Crippen LogP contribution in [0.1, 0.15) is 12.8 Å². The Morgan fingerprint density at radius 3 is 1.83 bits per heavy atom. The van der Waals surface area contributed by atoms with Crippen molar-refractivity contribution >= 4 is 0 Å². The smallest absolute Gasteiger partial charge is 0.101 e. The van der Waals surface area contributed by atoms with Crippen LogP contribution in [0, 0.1) is 0 Å². The number of nitrogens with one attached hydrogen (secondary N) is 1. The van der Waals surface area contributed by atoms with Crippen molar-refractivity contribution in [2.75, 3.05) is 34.5 Å². The molecular formula is C8H18N2O2. The summed E-state index contributed by atoms with van der Waals surface area (Å²) in [7, 11) is 5.50. The molecule has 1 heterocycles. The third-order valence-corrected chi connectivity index (χ3v) is 2.41. The third kappa shape index (κ3) is 2.17. The summed E-state index contributed by atoms with van der Waals surface area (Å²) in [6, 6.07) is 0. The largest absolute Gasteiger partial charge is 0.385 e. The predicted molar refractivity (Wildman–Crippen MR) is 46.6 cm³/mol. The van der Waals surface area contributed by atoms with Gasteiger partial charge in [0.05, 0.1) is 0 Å². The van der Waals surface area contributed by atoms with Crippen LogP contribution >= 0.6 is 0 Å². The summed E-state index contributed by atoms with van der Waals surface area (Å²) >= 11 is 0. The van der Waals surface area contributed by atoms with Crippen molar-refractivity contribution in [3.8, 4) is 0 Å². The molecule has 0 saturated carbocycles. The van der Waals surface area contributed by atoms with E-state index in [1.807, 2.05) is 7.05 Å². The van der Waals surface area contributed by atoms with Gasteiger partial charge >= 0.3 is 0 Å². The Hall–Kier alpha value is -0.160. The Bertz CT molecular complexity index is 133. The summed E-state index contributed by atoms with van der Waals surface area (Å²) in [6.07, 6.45) is 2.03. The molecule has 0 radical (unpaired) electrons. The molecule has 1 fully saturated rings. The van der Waals surface area contributed by atoms with Crippen LogP contribution in [0.5, 0.6) is 0 Å². The van der Waals surface area contributed by atoms with Crippen LogP contribution in [-0.4, -0.2) is 45.2 Å². The summed E-state index contributed by atoms with van der Waals surface area (Å²) in [5.74, 6) is 0. The van der Waals surface area contributed by atoms with E-state index in [0.29, 0.717) is 0 Å². The summed E-state index contributed by atoms with van der Waals surface area (Å²) in [5.41, 5.74) is 3.43. The van der Waals surface area contributed by atoms with E-state index in [9.17, 15) is 0 Å². The van der Waals surface area contributed by atoms with Crippen molar-refractivity contribution in [1.29, 1.82) is 0 Å². The van der Waals surface area contributed by atoms with E-state index in [1.165, 1.54) is 0 Å². The Morgan fingerprint density at radius 2 is 1.58 bits per heavy atom. The maximum atomic E-state index is 5.04. The van der Waals surface area contributed by atoms with Gasteiger partial charge in [-0.1, -0.05) is 0 Å². The van der Waals surface area contributed by atoms with Gasteiger partial charge in [0.1, 0.15) is 5.66 Å². The second kappa shape index (κ2) is 4.18. The number of rotatable bonds is 6. The first kappa shape index (κ1) is 9.92. The fraction of sp³-hybridized carbons (Fsp3) is 1.00. The van der Waals surface area contributed by atoms with Crippen molar-refractivity contribution in [2.24, 2.45) is 0 Å². The molecule has 0 amide bonds. The summed E-state index contributed by atoms with van der Waals surface area (Å²) in [4.78, 5) is 0. The zero-order valence-corrected chi connectivity index (χ0v) is 8.09. The fourth-order valence-electron chi connectivity index (χ4n) is 1.40. The Balaban J connectivity index is 2.22. The quantitative estimate of drug-likeness (QED) is 0.584. The van der Waals surface area contributed by atoms with E-state index in [-0.39, 0.29) is 5.66 Å². The first-order valence-electron chi connectivity index (χ1n) is 4.25. The number of methoxy groups -OCH3 is 2. The molecule has 0 spiro atoms. The van der Waals surface area contributed by atoms with Crippen LogP contribution in [0.2, 0.25) is 0 Å². The zero-order chi connectivity index (χ0) is 9.03. The molecule has 1 saturated heterocycles. The molecule has 0 aromatic heterocycles. The second-order valence-corrected chi connectivity index (χ2v) is 3.19. The normalized spacial score (nSPS) is 25.8. The zero-order valence-electron chi connectivity index (χ0n) is 8.09. The first-order chi connectivity index (χ1) is 5.75. The van der Waals surface area contributed by atoms with Crippen molar-refractivity contribution in [2.45, 2.75) is 18.5 Å². The van der Waals surface area contributed by atoms with Crippen LogP contribution in [0.25, 0.3) is 0 Å². The highest BCUT2D eigenvalue weighted by atomic mass is 16.5. The summed E-state index contributed by atoms with van der Waals surface area (Å²) in [5, 5.41) is 2.12. The van der Waals surface area contributed by atoms with Crippen molar-refractivity contribution in [1.82, 2.24) is 10.4 Å². The van der Waals surface area contributed by atoms with Crippen LogP contribution in [0.4, 0.5) is 0 Å². The van der Waals surface area contributed by atoms with E-state index in [4.69, 9.17) is 9.47 Å². The molecule has 0 aromatic carbocycles. The van der Waals surface area contributed by atoms with Gasteiger partial charge in [0.25, 0.3) is 0 Å². The Morgan fingerprint density at radius 1 is 1.17 bits per heavy atom. The SMILES string of the molecule is COCCC1(CCOC)NN1C. The van der Waals surface area contributed by atoms with Crippen molar-refractivity contribution in [3.05, 3.63) is 0 Å². The molecule has 72 valence electrons. The molecular weight excluding hydrogens is 156 g/mol.